The van der Waals surface area contributed by atoms with E-state index in [4.69, 9.17) is 10.8 Å². The van der Waals surface area contributed by atoms with Gasteiger partial charge in [0.05, 0.1) is 12.3 Å². The van der Waals surface area contributed by atoms with E-state index in [0.29, 0.717) is 4.90 Å². The third-order valence-corrected chi connectivity index (χ3v) is 2.66. The first-order valence-electron chi connectivity index (χ1n) is 4.57. The standard InChI is InChI=1S/C8H14N2O6S/c1-17(15,16)3-2-7(12)10(4-6(9)11)5-8(13)14/h2-5H2,1H3,(H2,9,11)(H,13,14). The number of sulfone groups is 1. The monoisotopic (exact) mass is 266 g/mol. The fourth-order valence-electron chi connectivity index (χ4n) is 1.01. The molecule has 0 aromatic heterocycles. The molecule has 0 atom stereocenters. The zero-order chi connectivity index (χ0) is 13.6. The van der Waals surface area contributed by atoms with E-state index in [1.165, 1.54) is 0 Å². The molecule has 0 aliphatic heterocycles. The molecular formula is C8H14N2O6S. The predicted molar refractivity (Wildman–Crippen MR) is 57.7 cm³/mol. The van der Waals surface area contributed by atoms with E-state index < -0.39 is 46.5 Å². The first-order chi connectivity index (χ1) is 7.61. The summed E-state index contributed by atoms with van der Waals surface area (Å²) < 4.78 is 21.6. The molecule has 0 unspecified atom stereocenters. The number of rotatable bonds is 7. The van der Waals surface area contributed by atoms with Crippen LogP contribution in [0.4, 0.5) is 0 Å². The lowest BCUT2D eigenvalue weighted by molar-refractivity contribution is -0.145. The Morgan fingerprint density at radius 2 is 1.76 bits per heavy atom. The van der Waals surface area contributed by atoms with Crippen LogP contribution in [0.1, 0.15) is 6.42 Å². The Morgan fingerprint density at radius 3 is 2.12 bits per heavy atom. The van der Waals surface area contributed by atoms with Gasteiger partial charge in [0, 0.05) is 12.7 Å². The lowest BCUT2D eigenvalue weighted by Gasteiger charge is -2.18. The Kier molecular flexibility index (Phi) is 5.59. The molecule has 0 heterocycles. The van der Waals surface area contributed by atoms with E-state index in [-0.39, 0.29) is 6.42 Å². The highest BCUT2D eigenvalue weighted by Gasteiger charge is 2.19. The molecule has 0 aliphatic carbocycles. The van der Waals surface area contributed by atoms with Crippen LogP contribution < -0.4 is 5.73 Å². The van der Waals surface area contributed by atoms with Crippen molar-refractivity contribution < 1.29 is 27.9 Å². The highest BCUT2D eigenvalue weighted by molar-refractivity contribution is 7.90. The molecule has 9 heteroatoms. The van der Waals surface area contributed by atoms with Crippen molar-refractivity contribution in [2.24, 2.45) is 5.73 Å². The number of carbonyl (C=O) groups excluding carboxylic acids is 2. The Hall–Kier alpha value is -1.64. The van der Waals surface area contributed by atoms with Crippen LogP contribution in [0.25, 0.3) is 0 Å². The van der Waals surface area contributed by atoms with Crippen molar-refractivity contribution in [2.75, 3.05) is 25.1 Å². The molecule has 0 fully saturated rings. The van der Waals surface area contributed by atoms with Crippen molar-refractivity contribution in [3.63, 3.8) is 0 Å². The summed E-state index contributed by atoms with van der Waals surface area (Å²) in [6.07, 6.45) is 0.579. The van der Waals surface area contributed by atoms with Gasteiger partial charge in [-0.05, 0) is 0 Å². The maximum absolute atomic E-state index is 11.5. The fourth-order valence-corrected chi connectivity index (χ4v) is 1.56. The van der Waals surface area contributed by atoms with E-state index in [1.807, 2.05) is 0 Å². The average Bonchev–Trinajstić information content (AvgIpc) is 2.10. The van der Waals surface area contributed by atoms with Gasteiger partial charge in [0.1, 0.15) is 16.4 Å². The van der Waals surface area contributed by atoms with Gasteiger partial charge in [-0.3, -0.25) is 14.4 Å². The molecule has 0 aromatic rings. The van der Waals surface area contributed by atoms with Crippen LogP contribution in [0, 0.1) is 0 Å². The molecule has 8 nitrogen and oxygen atoms in total. The maximum atomic E-state index is 11.5. The summed E-state index contributed by atoms with van der Waals surface area (Å²) in [4.78, 5) is 33.2. The minimum Gasteiger partial charge on any atom is -0.480 e. The molecule has 0 saturated carbocycles. The van der Waals surface area contributed by atoms with Gasteiger partial charge in [0.25, 0.3) is 0 Å². The number of amides is 2. The minimum atomic E-state index is -3.32. The Morgan fingerprint density at radius 1 is 1.24 bits per heavy atom. The van der Waals surface area contributed by atoms with Crippen molar-refractivity contribution in [3.05, 3.63) is 0 Å². The zero-order valence-corrected chi connectivity index (χ0v) is 10.1. The lowest BCUT2D eigenvalue weighted by Crippen LogP contribution is -2.42. The largest absolute Gasteiger partial charge is 0.480 e. The zero-order valence-electron chi connectivity index (χ0n) is 9.25. The van der Waals surface area contributed by atoms with Gasteiger partial charge in [-0.2, -0.15) is 0 Å². The van der Waals surface area contributed by atoms with Gasteiger partial charge in [-0.15, -0.1) is 0 Å². The molecule has 0 rings (SSSR count). The van der Waals surface area contributed by atoms with Gasteiger partial charge in [-0.25, -0.2) is 8.42 Å². The van der Waals surface area contributed by atoms with Gasteiger partial charge >= 0.3 is 5.97 Å². The summed E-state index contributed by atoms with van der Waals surface area (Å²) in [5, 5.41) is 8.51. The second kappa shape index (κ2) is 6.18. The van der Waals surface area contributed by atoms with Crippen LogP contribution in [0.15, 0.2) is 0 Å². The number of carbonyl (C=O) groups is 3. The molecule has 0 saturated heterocycles. The van der Waals surface area contributed by atoms with Crippen molar-refractivity contribution >= 4 is 27.6 Å². The van der Waals surface area contributed by atoms with E-state index in [9.17, 15) is 22.8 Å². The number of primary amides is 1. The van der Waals surface area contributed by atoms with E-state index in [0.717, 1.165) is 6.26 Å². The highest BCUT2D eigenvalue weighted by atomic mass is 32.2. The summed E-state index contributed by atoms with van der Waals surface area (Å²) >= 11 is 0. The molecule has 98 valence electrons. The molecule has 3 N–H and O–H groups in total. The summed E-state index contributed by atoms with van der Waals surface area (Å²) in [7, 11) is -3.32. The molecular weight excluding hydrogens is 252 g/mol. The van der Waals surface area contributed by atoms with E-state index in [1.54, 1.807) is 0 Å². The Labute approximate surface area is 98.3 Å². The van der Waals surface area contributed by atoms with Crippen molar-refractivity contribution in [3.8, 4) is 0 Å². The minimum absolute atomic E-state index is 0.376. The summed E-state index contributed by atoms with van der Waals surface area (Å²) in [5.41, 5.74) is 4.84. The van der Waals surface area contributed by atoms with Crippen molar-refractivity contribution in [1.29, 1.82) is 0 Å². The molecule has 0 aromatic carbocycles. The third kappa shape index (κ3) is 8.20. The molecule has 0 spiro atoms. The third-order valence-electron chi connectivity index (χ3n) is 1.71. The van der Waals surface area contributed by atoms with E-state index in [2.05, 4.69) is 0 Å². The normalized spacial score (nSPS) is 10.9. The quantitative estimate of drug-likeness (QED) is 0.538. The lowest BCUT2D eigenvalue weighted by atomic mass is 10.3. The van der Waals surface area contributed by atoms with Crippen LogP contribution in [0.2, 0.25) is 0 Å². The second-order valence-electron chi connectivity index (χ2n) is 3.49. The number of carboxylic acids is 1. The maximum Gasteiger partial charge on any atom is 0.323 e. The van der Waals surface area contributed by atoms with E-state index >= 15 is 0 Å². The molecule has 0 radical (unpaired) electrons. The Bertz CT molecular complexity index is 400. The highest BCUT2D eigenvalue weighted by Crippen LogP contribution is 1.97. The van der Waals surface area contributed by atoms with Crippen LogP contribution >= 0.6 is 0 Å². The topological polar surface area (TPSA) is 135 Å². The first-order valence-corrected chi connectivity index (χ1v) is 6.63. The summed E-state index contributed by atoms with van der Waals surface area (Å²) in [6.45, 7) is -1.24. The Balaban J connectivity index is 4.52. The number of carboxylic acid groups (broad SMARTS) is 1. The number of nitrogens with two attached hydrogens (primary N) is 1. The molecule has 0 aliphatic rings. The number of hydrogen-bond donors (Lipinski definition) is 2. The van der Waals surface area contributed by atoms with Crippen LogP contribution in [0.3, 0.4) is 0 Å². The fraction of sp³-hybridized carbons (Fsp3) is 0.625. The summed E-state index contributed by atoms with van der Waals surface area (Å²) in [6, 6.07) is 0. The summed E-state index contributed by atoms with van der Waals surface area (Å²) in [5.74, 6) is -3.31. The van der Waals surface area contributed by atoms with Crippen molar-refractivity contribution in [2.45, 2.75) is 6.42 Å². The van der Waals surface area contributed by atoms with Crippen molar-refractivity contribution in [1.82, 2.24) is 4.90 Å². The van der Waals surface area contributed by atoms with Crippen LogP contribution in [-0.4, -0.2) is 61.3 Å². The first kappa shape index (κ1) is 15.4. The molecule has 2 amide bonds. The molecule has 0 bridgehead atoms. The van der Waals surface area contributed by atoms with Crippen LogP contribution in [0.5, 0.6) is 0 Å². The van der Waals surface area contributed by atoms with Gasteiger partial charge in [0.15, 0.2) is 0 Å². The average molecular weight is 266 g/mol. The van der Waals surface area contributed by atoms with Gasteiger partial charge in [0.2, 0.25) is 11.8 Å². The number of hydrogen-bond acceptors (Lipinski definition) is 5. The molecule has 17 heavy (non-hydrogen) atoms. The van der Waals surface area contributed by atoms with Gasteiger partial charge in [-0.1, -0.05) is 0 Å². The predicted octanol–water partition coefficient (Wildman–Crippen LogP) is -2.18. The second-order valence-corrected chi connectivity index (χ2v) is 5.75. The SMILES string of the molecule is CS(=O)(=O)CCC(=O)N(CC(N)=O)CC(=O)O. The van der Waals surface area contributed by atoms with Gasteiger partial charge < -0.3 is 15.7 Å². The number of nitrogens with zero attached hydrogens (tertiary/aromatic N) is 1. The van der Waals surface area contributed by atoms with Crippen LogP contribution in [-0.2, 0) is 24.2 Å². The number of aliphatic carboxylic acids is 1. The smallest absolute Gasteiger partial charge is 0.323 e.